The Morgan fingerprint density at radius 1 is 1.40 bits per heavy atom. The predicted molar refractivity (Wildman–Crippen MR) is 65.4 cm³/mol. The Labute approximate surface area is 103 Å². The number of halogens is 2. The summed E-state index contributed by atoms with van der Waals surface area (Å²) >= 11 is 9.36. The zero-order valence-corrected chi connectivity index (χ0v) is 10.6. The van der Waals surface area contributed by atoms with Crippen molar-refractivity contribution in [3.63, 3.8) is 0 Å². The van der Waals surface area contributed by atoms with Crippen molar-refractivity contribution in [2.24, 2.45) is 0 Å². The third-order valence-corrected chi connectivity index (χ3v) is 3.77. The van der Waals surface area contributed by atoms with Gasteiger partial charge in [-0.15, -0.1) is 0 Å². The molecule has 1 saturated heterocycles. The van der Waals surface area contributed by atoms with Crippen molar-refractivity contribution in [3.8, 4) is 5.75 Å². The van der Waals surface area contributed by atoms with Gasteiger partial charge in [-0.1, -0.05) is 34.0 Å². The Balaban J connectivity index is 2.36. The molecule has 2 nitrogen and oxygen atoms in total. The molecule has 1 aromatic rings. The second-order valence-electron chi connectivity index (χ2n) is 3.79. The lowest BCUT2D eigenvalue weighted by Gasteiger charge is -2.25. The van der Waals surface area contributed by atoms with Crippen LogP contribution >= 0.6 is 27.5 Å². The number of hydrogen-bond acceptors (Lipinski definition) is 2. The quantitative estimate of drug-likeness (QED) is 0.828. The number of benzene rings is 1. The van der Waals surface area contributed by atoms with Crippen LogP contribution in [0.5, 0.6) is 5.75 Å². The van der Waals surface area contributed by atoms with E-state index in [1.54, 1.807) is 6.07 Å². The topological polar surface area (TPSA) is 32.3 Å². The maximum absolute atomic E-state index is 9.93. The van der Waals surface area contributed by atoms with Crippen molar-refractivity contribution in [2.75, 3.05) is 6.54 Å². The summed E-state index contributed by atoms with van der Waals surface area (Å²) in [4.78, 5) is 0. The van der Waals surface area contributed by atoms with Crippen molar-refractivity contribution in [2.45, 2.75) is 25.3 Å². The summed E-state index contributed by atoms with van der Waals surface area (Å²) in [5.74, 6) is 0.199. The van der Waals surface area contributed by atoms with Crippen LogP contribution in [0, 0.1) is 0 Å². The van der Waals surface area contributed by atoms with Gasteiger partial charge in [-0.3, -0.25) is 0 Å². The molecule has 0 amide bonds. The van der Waals surface area contributed by atoms with Gasteiger partial charge in [0.05, 0.1) is 5.02 Å². The Morgan fingerprint density at radius 2 is 2.20 bits per heavy atom. The highest BCUT2D eigenvalue weighted by Gasteiger charge is 2.21. The summed E-state index contributed by atoms with van der Waals surface area (Å²) in [7, 11) is 0. The van der Waals surface area contributed by atoms with Crippen molar-refractivity contribution in [3.05, 3.63) is 27.2 Å². The molecule has 82 valence electrons. The van der Waals surface area contributed by atoms with Gasteiger partial charge in [0.25, 0.3) is 0 Å². The van der Waals surface area contributed by atoms with Gasteiger partial charge >= 0.3 is 0 Å². The number of piperidine rings is 1. The highest BCUT2D eigenvalue weighted by atomic mass is 79.9. The van der Waals surface area contributed by atoms with Gasteiger partial charge in [0, 0.05) is 16.1 Å². The molecule has 0 unspecified atom stereocenters. The fraction of sp³-hybridized carbons (Fsp3) is 0.455. The molecule has 0 aromatic heterocycles. The molecule has 1 heterocycles. The van der Waals surface area contributed by atoms with E-state index in [0.717, 1.165) is 23.0 Å². The normalized spacial score (nSPS) is 21.6. The Hall–Kier alpha value is -0.250. The molecule has 0 saturated carbocycles. The molecule has 1 fully saturated rings. The lowest BCUT2D eigenvalue weighted by Crippen LogP contribution is -2.27. The minimum absolute atomic E-state index is 0.199. The van der Waals surface area contributed by atoms with Crippen molar-refractivity contribution < 1.29 is 5.11 Å². The van der Waals surface area contributed by atoms with E-state index in [4.69, 9.17) is 11.6 Å². The molecule has 1 aliphatic rings. The fourth-order valence-electron chi connectivity index (χ4n) is 1.99. The summed E-state index contributed by atoms with van der Waals surface area (Å²) in [6.07, 6.45) is 3.44. The minimum atomic E-state index is 0.199. The van der Waals surface area contributed by atoms with Crippen LogP contribution in [0.2, 0.25) is 5.02 Å². The highest BCUT2D eigenvalue weighted by Crippen LogP contribution is 2.39. The molecule has 2 N–H and O–H groups in total. The molecule has 1 aliphatic heterocycles. The van der Waals surface area contributed by atoms with E-state index >= 15 is 0 Å². The molecular weight excluding hydrogens is 277 g/mol. The van der Waals surface area contributed by atoms with E-state index in [1.165, 1.54) is 12.8 Å². The molecule has 0 bridgehead atoms. The van der Waals surface area contributed by atoms with E-state index in [-0.39, 0.29) is 11.8 Å². The van der Waals surface area contributed by atoms with Crippen molar-refractivity contribution >= 4 is 27.5 Å². The molecule has 2 rings (SSSR count). The van der Waals surface area contributed by atoms with E-state index in [1.807, 2.05) is 6.07 Å². The Kier molecular flexibility index (Phi) is 3.54. The zero-order chi connectivity index (χ0) is 10.8. The van der Waals surface area contributed by atoms with Gasteiger partial charge in [0.1, 0.15) is 5.75 Å². The average molecular weight is 291 g/mol. The fourth-order valence-corrected chi connectivity index (χ4v) is 2.75. The molecule has 4 heteroatoms. The highest BCUT2D eigenvalue weighted by molar-refractivity contribution is 9.10. The molecule has 0 radical (unpaired) electrons. The van der Waals surface area contributed by atoms with Crippen LogP contribution in [0.3, 0.4) is 0 Å². The third kappa shape index (κ3) is 2.30. The lowest BCUT2D eigenvalue weighted by atomic mass is 9.97. The number of hydrogen-bond donors (Lipinski definition) is 2. The first kappa shape index (κ1) is 11.2. The van der Waals surface area contributed by atoms with E-state index in [0.29, 0.717) is 5.02 Å². The van der Waals surface area contributed by atoms with Crippen molar-refractivity contribution in [1.82, 2.24) is 5.32 Å². The van der Waals surface area contributed by atoms with Crippen LogP contribution in [-0.2, 0) is 0 Å². The number of nitrogens with one attached hydrogen (secondary N) is 1. The largest absolute Gasteiger partial charge is 0.506 e. The maximum atomic E-state index is 9.93. The summed E-state index contributed by atoms with van der Waals surface area (Å²) in [6.45, 7) is 1.00. The summed E-state index contributed by atoms with van der Waals surface area (Å²) in [5.41, 5.74) is 0.891. The first-order valence-electron chi connectivity index (χ1n) is 5.10. The summed E-state index contributed by atoms with van der Waals surface area (Å²) in [5, 5.41) is 13.7. The molecule has 0 spiro atoms. The predicted octanol–water partition coefficient (Wildman–Crippen LogP) is 3.62. The summed E-state index contributed by atoms with van der Waals surface area (Å²) in [6, 6.07) is 3.80. The molecule has 1 aromatic carbocycles. The Morgan fingerprint density at radius 3 is 2.87 bits per heavy atom. The van der Waals surface area contributed by atoms with Crippen LogP contribution in [0.4, 0.5) is 0 Å². The number of aromatic hydroxyl groups is 1. The van der Waals surface area contributed by atoms with Crippen molar-refractivity contribution in [1.29, 1.82) is 0 Å². The zero-order valence-electron chi connectivity index (χ0n) is 8.26. The number of phenolic OH excluding ortho intramolecular Hbond substituents is 1. The molecule has 15 heavy (non-hydrogen) atoms. The van der Waals surface area contributed by atoms with E-state index in [2.05, 4.69) is 21.2 Å². The summed E-state index contributed by atoms with van der Waals surface area (Å²) < 4.78 is 0.920. The van der Waals surface area contributed by atoms with Crippen LogP contribution in [-0.4, -0.2) is 11.7 Å². The Bertz CT molecular complexity index is 364. The van der Waals surface area contributed by atoms with E-state index < -0.39 is 0 Å². The monoisotopic (exact) mass is 289 g/mol. The molecular formula is C11H13BrClNO. The minimum Gasteiger partial charge on any atom is -0.506 e. The second kappa shape index (κ2) is 4.73. The van der Waals surface area contributed by atoms with Gasteiger partial charge in [0.2, 0.25) is 0 Å². The first-order chi connectivity index (χ1) is 7.20. The van der Waals surface area contributed by atoms with Crippen LogP contribution in [0.1, 0.15) is 30.9 Å². The lowest BCUT2D eigenvalue weighted by molar-refractivity contribution is 0.390. The number of phenols is 1. The number of rotatable bonds is 1. The molecule has 0 aliphatic carbocycles. The van der Waals surface area contributed by atoms with Gasteiger partial charge in [-0.25, -0.2) is 0 Å². The van der Waals surface area contributed by atoms with Gasteiger partial charge in [-0.2, -0.15) is 0 Å². The standard InChI is InChI=1S/C11H13BrClNO/c12-7-4-5-8(13)11(15)10(7)9-3-1-2-6-14-9/h4-5,9,14-15H,1-3,6H2/t9-/m1/s1. The van der Waals surface area contributed by atoms with Gasteiger partial charge in [-0.05, 0) is 31.5 Å². The van der Waals surface area contributed by atoms with Gasteiger partial charge < -0.3 is 10.4 Å². The average Bonchev–Trinajstić information content (AvgIpc) is 2.26. The smallest absolute Gasteiger partial charge is 0.140 e. The second-order valence-corrected chi connectivity index (χ2v) is 5.06. The van der Waals surface area contributed by atoms with Crippen LogP contribution in [0.25, 0.3) is 0 Å². The van der Waals surface area contributed by atoms with Crippen LogP contribution in [0.15, 0.2) is 16.6 Å². The molecule has 1 atom stereocenters. The maximum Gasteiger partial charge on any atom is 0.140 e. The first-order valence-corrected chi connectivity index (χ1v) is 6.27. The third-order valence-electron chi connectivity index (χ3n) is 2.77. The van der Waals surface area contributed by atoms with Crippen LogP contribution < -0.4 is 5.32 Å². The SMILES string of the molecule is Oc1c(Cl)ccc(Br)c1[C@H]1CCCCN1. The van der Waals surface area contributed by atoms with E-state index in [9.17, 15) is 5.11 Å². The van der Waals surface area contributed by atoms with Gasteiger partial charge in [0.15, 0.2) is 0 Å².